The molecule has 1 aromatic rings. The highest BCUT2D eigenvalue weighted by Crippen LogP contribution is 2.31. The number of methoxy groups -OCH3 is 1. The summed E-state index contributed by atoms with van der Waals surface area (Å²) in [6.07, 6.45) is 1.05. The topological polar surface area (TPSA) is 113 Å². The fourth-order valence-electron chi connectivity index (χ4n) is 0.739. The monoisotopic (exact) mass is 186 g/mol. The fourth-order valence-corrected chi connectivity index (χ4v) is 0.739. The van der Waals surface area contributed by atoms with E-state index in [0.717, 1.165) is 6.33 Å². The van der Waals surface area contributed by atoms with Gasteiger partial charge in [0.2, 0.25) is 0 Å². The van der Waals surface area contributed by atoms with Crippen LogP contribution in [-0.4, -0.2) is 22.0 Å². The van der Waals surface area contributed by atoms with Crippen molar-refractivity contribution in [1.82, 2.24) is 9.97 Å². The Morgan fingerprint density at radius 3 is 2.62 bits per heavy atom. The molecule has 0 atom stereocenters. The average molecular weight is 186 g/mol. The number of hydrogen-bond acceptors (Lipinski definition) is 7. The summed E-state index contributed by atoms with van der Waals surface area (Å²) in [6.45, 7) is 0. The number of hydrogen-bond donors (Lipinski definition) is 1. The summed E-state index contributed by atoms with van der Waals surface area (Å²) in [6, 6.07) is 0. The van der Waals surface area contributed by atoms with E-state index in [9.17, 15) is 10.1 Å². The molecule has 13 heavy (non-hydrogen) atoms. The van der Waals surface area contributed by atoms with Crippen molar-refractivity contribution < 1.29 is 14.5 Å². The van der Waals surface area contributed by atoms with E-state index in [1.165, 1.54) is 7.11 Å². The maximum atomic E-state index is 10.5. The summed E-state index contributed by atoms with van der Waals surface area (Å²) in [4.78, 5) is 20.9. The molecule has 0 aromatic carbocycles. The summed E-state index contributed by atoms with van der Waals surface area (Å²) >= 11 is 0. The van der Waals surface area contributed by atoms with Crippen molar-refractivity contribution >= 4 is 5.69 Å². The van der Waals surface area contributed by atoms with Crippen LogP contribution in [0, 0.1) is 10.1 Å². The maximum absolute atomic E-state index is 10.5. The van der Waals surface area contributed by atoms with Crippen molar-refractivity contribution in [3.8, 4) is 11.8 Å². The molecule has 70 valence electrons. The molecule has 0 aliphatic rings. The van der Waals surface area contributed by atoms with E-state index in [4.69, 9.17) is 5.90 Å². The molecule has 8 heteroatoms. The first-order chi connectivity index (χ1) is 6.20. The number of nitro groups is 1. The zero-order chi connectivity index (χ0) is 9.84. The van der Waals surface area contributed by atoms with Gasteiger partial charge in [0.25, 0.3) is 0 Å². The Morgan fingerprint density at radius 2 is 2.15 bits per heavy atom. The third-order valence-corrected chi connectivity index (χ3v) is 1.24. The minimum Gasteiger partial charge on any atom is -0.476 e. The van der Waals surface area contributed by atoms with Gasteiger partial charge >= 0.3 is 17.4 Å². The lowest BCUT2D eigenvalue weighted by Crippen LogP contribution is -2.08. The molecule has 0 radical (unpaired) electrons. The molecule has 0 fully saturated rings. The molecule has 8 nitrogen and oxygen atoms in total. The fraction of sp³-hybridized carbons (Fsp3) is 0.200. The van der Waals surface area contributed by atoms with Crippen molar-refractivity contribution in [2.24, 2.45) is 5.90 Å². The van der Waals surface area contributed by atoms with E-state index in [1.807, 2.05) is 0 Å². The summed E-state index contributed by atoms with van der Waals surface area (Å²) in [5, 5.41) is 10.5. The molecule has 1 heterocycles. The molecule has 0 amide bonds. The minimum absolute atomic E-state index is 0.194. The van der Waals surface area contributed by atoms with Gasteiger partial charge in [0.05, 0.1) is 12.0 Å². The molecule has 0 bridgehead atoms. The Bertz CT molecular complexity index is 306. The summed E-state index contributed by atoms with van der Waals surface area (Å²) in [7, 11) is 1.25. The van der Waals surface area contributed by atoms with Gasteiger partial charge < -0.3 is 9.57 Å². The van der Waals surface area contributed by atoms with E-state index < -0.39 is 10.6 Å². The van der Waals surface area contributed by atoms with Gasteiger partial charge in [0.1, 0.15) is 6.33 Å². The van der Waals surface area contributed by atoms with Crippen LogP contribution < -0.4 is 15.5 Å². The smallest absolute Gasteiger partial charge is 0.394 e. The Morgan fingerprint density at radius 1 is 1.54 bits per heavy atom. The SMILES string of the molecule is COc1ncnc(ON)c1[N+](=O)[O-]. The molecule has 0 unspecified atom stereocenters. The van der Waals surface area contributed by atoms with Crippen molar-refractivity contribution in [3.63, 3.8) is 0 Å². The summed E-state index contributed by atoms with van der Waals surface area (Å²) < 4.78 is 4.62. The second-order valence-electron chi connectivity index (χ2n) is 1.91. The highest BCUT2D eigenvalue weighted by molar-refractivity contribution is 5.48. The third-order valence-electron chi connectivity index (χ3n) is 1.24. The number of nitrogens with two attached hydrogens (primary N) is 1. The van der Waals surface area contributed by atoms with Crippen LogP contribution >= 0.6 is 0 Å². The molecule has 0 saturated carbocycles. The van der Waals surface area contributed by atoms with Crippen LogP contribution in [0.3, 0.4) is 0 Å². The number of ether oxygens (including phenoxy) is 1. The summed E-state index contributed by atoms with van der Waals surface area (Å²) in [5.74, 6) is 4.23. The predicted octanol–water partition coefficient (Wildman–Crippen LogP) is -0.354. The van der Waals surface area contributed by atoms with E-state index >= 15 is 0 Å². The van der Waals surface area contributed by atoms with Crippen LogP contribution in [0.25, 0.3) is 0 Å². The second kappa shape index (κ2) is 3.63. The quantitative estimate of drug-likeness (QED) is 0.506. The highest BCUT2D eigenvalue weighted by atomic mass is 16.6. The second-order valence-corrected chi connectivity index (χ2v) is 1.91. The van der Waals surface area contributed by atoms with Gasteiger partial charge in [-0.3, -0.25) is 10.1 Å². The molecule has 1 aromatic heterocycles. The van der Waals surface area contributed by atoms with Crippen LogP contribution in [0.1, 0.15) is 0 Å². The standard InChI is InChI=1S/C5H6N4O4/c1-12-4-3(9(10)11)5(13-6)8-2-7-4/h2H,6H2,1H3. The Kier molecular flexibility index (Phi) is 2.55. The van der Waals surface area contributed by atoms with Gasteiger partial charge in [0.15, 0.2) is 0 Å². The van der Waals surface area contributed by atoms with Gasteiger partial charge in [-0.1, -0.05) is 0 Å². The number of rotatable bonds is 3. The number of nitrogens with zero attached hydrogens (tertiary/aromatic N) is 3. The Balaban J connectivity index is 3.29. The molecular weight excluding hydrogens is 180 g/mol. The van der Waals surface area contributed by atoms with Crippen LogP contribution in [0.2, 0.25) is 0 Å². The van der Waals surface area contributed by atoms with Crippen LogP contribution in [-0.2, 0) is 0 Å². The lowest BCUT2D eigenvalue weighted by Gasteiger charge is -2.01. The minimum atomic E-state index is -0.735. The predicted molar refractivity (Wildman–Crippen MR) is 40.1 cm³/mol. The van der Waals surface area contributed by atoms with E-state index in [1.54, 1.807) is 0 Å². The zero-order valence-corrected chi connectivity index (χ0v) is 6.63. The van der Waals surface area contributed by atoms with Crippen molar-refractivity contribution in [1.29, 1.82) is 0 Å². The highest BCUT2D eigenvalue weighted by Gasteiger charge is 2.24. The Labute approximate surface area is 72.4 Å². The summed E-state index contributed by atoms with van der Waals surface area (Å²) in [5.41, 5.74) is -0.493. The lowest BCUT2D eigenvalue weighted by molar-refractivity contribution is -0.387. The van der Waals surface area contributed by atoms with Crippen molar-refractivity contribution in [2.75, 3.05) is 7.11 Å². The van der Waals surface area contributed by atoms with Crippen molar-refractivity contribution in [3.05, 3.63) is 16.4 Å². The molecule has 0 spiro atoms. The van der Waals surface area contributed by atoms with Gasteiger partial charge in [-0.05, 0) is 0 Å². The first kappa shape index (κ1) is 9.13. The van der Waals surface area contributed by atoms with Gasteiger partial charge in [-0.2, -0.15) is 15.9 Å². The molecule has 1 rings (SSSR count). The normalized spacial score (nSPS) is 9.38. The van der Waals surface area contributed by atoms with E-state index in [-0.39, 0.29) is 11.8 Å². The van der Waals surface area contributed by atoms with Gasteiger partial charge in [0, 0.05) is 0 Å². The maximum Gasteiger partial charge on any atom is 0.394 e. The van der Waals surface area contributed by atoms with Crippen molar-refractivity contribution in [2.45, 2.75) is 0 Å². The first-order valence-electron chi connectivity index (χ1n) is 3.10. The molecule has 0 saturated heterocycles. The third kappa shape index (κ3) is 1.62. The molecule has 0 aliphatic heterocycles. The molecular formula is C5H6N4O4. The largest absolute Gasteiger partial charge is 0.476 e. The molecule has 2 N–H and O–H groups in total. The Hall–Kier alpha value is -1.96. The number of aromatic nitrogens is 2. The molecule has 0 aliphatic carbocycles. The van der Waals surface area contributed by atoms with E-state index in [2.05, 4.69) is 19.5 Å². The zero-order valence-electron chi connectivity index (χ0n) is 6.63. The first-order valence-corrected chi connectivity index (χ1v) is 3.10. The van der Waals surface area contributed by atoms with Crippen LogP contribution in [0.4, 0.5) is 5.69 Å². The van der Waals surface area contributed by atoms with E-state index in [0.29, 0.717) is 0 Å². The van der Waals surface area contributed by atoms with Crippen LogP contribution in [0.15, 0.2) is 6.33 Å². The van der Waals surface area contributed by atoms with Gasteiger partial charge in [-0.25, -0.2) is 0 Å². The average Bonchev–Trinajstić information content (AvgIpc) is 2.16. The lowest BCUT2D eigenvalue weighted by atomic mass is 10.5. The van der Waals surface area contributed by atoms with Crippen LogP contribution in [0.5, 0.6) is 11.8 Å². The van der Waals surface area contributed by atoms with Gasteiger partial charge in [-0.15, -0.1) is 0 Å².